The zero-order valence-corrected chi connectivity index (χ0v) is 11.4. The van der Waals surface area contributed by atoms with Crippen LogP contribution in [0, 0.1) is 11.3 Å². The van der Waals surface area contributed by atoms with Crippen molar-refractivity contribution in [2.75, 3.05) is 0 Å². The minimum absolute atomic E-state index is 0. The Labute approximate surface area is 123 Å². The van der Waals surface area contributed by atoms with Crippen molar-refractivity contribution >= 4 is 5.97 Å². The molecule has 68 valence electrons. The monoisotopic (exact) mass is 207 g/mol. The van der Waals surface area contributed by atoms with Crippen molar-refractivity contribution in [3.63, 3.8) is 0 Å². The Morgan fingerprint density at radius 1 is 1.46 bits per heavy atom. The van der Waals surface area contributed by atoms with Crippen molar-refractivity contribution in [2.45, 2.75) is 44.6 Å². The summed E-state index contributed by atoms with van der Waals surface area (Å²) in [6, 6.07) is 2.11. The predicted molar refractivity (Wildman–Crippen MR) is 44.3 cm³/mol. The molecule has 3 nitrogen and oxygen atoms in total. The smallest absolute Gasteiger partial charge is 1.00 e. The molecule has 0 aromatic heterocycles. The normalized spacial score (nSPS) is 19.4. The van der Waals surface area contributed by atoms with Crippen LogP contribution in [0.25, 0.3) is 0 Å². The van der Waals surface area contributed by atoms with Crippen molar-refractivity contribution in [1.82, 2.24) is 0 Å². The van der Waals surface area contributed by atoms with Crippen molar-refractivity contribution < 1.29 is 62.3 Å². The molecule has 0 atom stereocenters. The fraction of sp³-hybridized carbons (Fsp3) is 0.778. The Bertz CT molecular complexity index is 221. The van der Waals surface area contributed by atoms with Crippen molar-refractivity contribution in [2.24, 2.45) is 0 Å². The van der Waals surface area contributed by atoms with Gasteiger partial charge in [-0.25, -0.2) is 0 Å². The van der Waals surface area contributed by atoms with Crippen molar-refractivity contribution in [3.05, 3.63) is 0 Å². The van der Waals surface area contributed by atoms with E-state index >= 15 is 0 Å². The molecule has 0 spiro atoms. The quantitative estimate of drug-likeness (QED) is 0.405. The van der Waals surface area contributed by atoms with Gasteiger partial charge in [0, 0.05) is 19.8 Å². The number of carbonyl (C=O) groups excluding carboxylic acids is 1. The molecule has 1 aliphatic rings. The summed E-state index contributed by atoms with van der Waals surface area (Å²) in [6.07, 6.45) is 4.51. The largest absolute Gasteiger partial charge is 1.00 e. The molecule has 0 aliphatic heterocycles. The number of carbonyl (C=O) groups is 1. The third-order valence-electron chi connectivity index (χ3n) is 2.20. The summed E-state index contributed by atoms with van der Waals surface area (Å²) < 4.78 is 5.03. The van der Waals surface area contributed by atoms with Crippen molar-refractivity contribution in [1.29, 1.82) is 5.26 Å². The fourth-order valence-electron chi connectivity index (χ4n) is 1.63. The van der Waals surface area contributed by atoms with Gasteiger partial charge in [0.1, 0.15) is 6.07 Å². The molecule has 0 aromatic carbocycles. The molecule has 0 N–H and O–H groups in total. The predicted octanol–water partition coefficient (Wildman–Crippen LogP) is -1.11. The van der Waals surface area contributed by atoms with E-state index in [1.807, 2.05) is 0 Å². The van der Waals surface area contributed by atoms with Crippen molar-refractivity contribution in [3.8, 4) is 6.07 Å². The van der Waals surface area contributed by atoms with E-state index in [1.54, 1.807) is 0 Å². The Balaban J connectivity index is 0. The number of hydrogen-bond acceptors (Lipinski definition) is 3. The van der Waals surface area contributed by atoms with Gasteiger partial charge in [-0.1, -0.05) is 6.42 Å². The first-order chi connectivity index (χ1) is 5.68. The Hall–Kier alpha value is 0.596. The van der Waals surface area contributed by atoms with Crippen LogP contribution in [-0.4, -0.2) is 11.6 Å². The molecular formula is C9H14KNO2. The maximum absolute atomic E-state index is 10.7. The van der Waals surface area contributed by atoms with Crippen LogP contribution >= 0.6 is 0 Å². The first-order valence-electron chi connectivity index (χ1n) is 4.29. The van der Waals surface area contributed by atoms with Gasteiger partial charge in [-0.15, -0.1) is 0 Å². The number of esters is 1. The van der Waals surface area contributed by atoms with Crippen LogP contribution in [0.3, 0.4) is 0 Å². The topological polar surface area (TPSA) is 50.1 Å². The van der Waals surface area contributed by atoms with Gasteiger partial charge in [0.25, 0.3) is 0 Å². The summed E-state index contributed by atoms with van der Waals surface area (Å²) in [6.45, 7) is 1.35. The molecule has 4 heteroatoms. The Kier molecular flexibility index (Phi) is 6.43. The van der Waals surface area contributed by atoms with Gasteiger partial charge >= 0.3 is 57.4 Å². The molecule has 1 fully saturated rings. The molecular weight excluding hydrogens is 193 g/mol. The van der Waals surface area contributed by atoms with E-state index in [1.165, 1.54) is 6.92 Å². The van der Waals surface area contributed by atoms with Crippen LogP contribution in [0.5, 0.6) is 0 Å². The third-order valence-corrected chi connectivity index (χ3v) is 2.20. The summed E-state index contributed by atoms with van der Waals surface area (Å²) in [7, 11) is 0. The van der Waals surface area contributed by atoms with Gasteiger partial charge in [0.2, 0.25) is 0 Å². The molecule has 1 rings (SSSR count). The average Bonchev–Trinajstić information content (AvgIpc) is 2.05. The van der Waals surface area contributed by atoms with Crippen LogP contribution in [0.1, 0.15) is 40.5 Å². The van der Waals surface area contributed by atoms with E-state index in [2.05, 4.69) is 6.07 Å². The van der Waals surface area contributed by atoms with Gasteiger partial charge in [-0.3, -0.25) is 4.79 Å². The number of nitrogens with zero attached hydrogens (tertiary/aromatic N) is 1. The summed E-state index contributed by atoms with van der Waals surface area (Å²) in [4.78, 5) is 10.7. The van der Waals surface area contributed by atoms with Gasteiger partial charge < -0.3 is 6.16 Å². The molecule has 0 amide bonds. The van der Waals surface area contributed by atoms with E-state index in [0.29, 0.717) is 12.8 Å². The summed E-state index contributed by atoms with van der Waals surface area (Å²) in [5.41, 5.74) is -0.802. The Morgan fingerprint density at radius 2 is 2.00 bits per heavy atom. The average molecular weight is 207 g/mol. The van der Waals surface area contributed by atoms with E-state index in [-0.39, 0.29) is 58.8 Å². The first kappa shape index (κ1) is 13.6. The second-order valence-corrected chi connectivity index (χ2v) is 3.26. The van der Waals surface area contributed by atoms with E-state index in [9.17, 15) is 4.79 Å². The number of nitriles is 1. The molecule has 13 heavy (non-hydrogen) atoms. The van der Waals surface area contributed by atoms with Gasteiger partial charge in [0.05, 0.1) is 0 Å². The number of ether oxygens (including phenoxy) is 1. The minimum Gasteiger partial charge on any atom is -1.00 e. The molecule has 0 bridgehead atoms. The zero-order chi connectivity index (χ0) is 9.03. The van der Waals surface area contributed by atoms with Crippen LogP contribution in [0.15, 0.2) is 0 Å². The molecule has 0 saturated heterocycles. The molecule has 0 radical (unpaired) electrons. The minimum atomic E-state index is -0.802. The molecule has 0 unspecified atom stereocenters. The summed E-state index contributed by atoms with van der Waals surface area (Å²) in [5.74, 6) is -0.349. The fourth-order valence-corrected chi connectivity index (χ4v) is 1.63. The van der Waals surface area contributed by atoms with Crippen LogP contribution in [0.2, 0.25) is 0 Å². The van der Waals surface area contributed by atoms with Crippen LogP contribution in [-0.2, 0) is 9.53 Å². The third kappa shape index (κ3) is 4.09. The molecule has 0 aromatic rings. The van der Waals surface area contributed by atoms with Gasteiger partial charge in [0.15, 0.2) is 5.60 Å². The van der Waals surface area contributed by atoms with Crippen LogP contribution in [0.4, 0.5) is 0 Å². The molecule has 1 saturated carbocycles. The van der Waals surface area contributed by atoms with E-state index < -0.39 is 5.60 Å². The maximum atomic E-state index is 10.7. The standard InChI is InChI=1S/C9H13NO2.K.H/c1-8(11)12-9(7-10)5-3-2-4-6-9;;/h2-6H2,1H3;;/q;+1;-1. The molecule has 0 heterocycles. The van der Waals surface area contributed by atoms with E-state index in [0.717, 1.165) is 19.3 Å². The second-order valence-electron chi connectivity index (χ2n) is 3.26. The summed E-state index contributed by atoms with van der Waals surface area (Å²) in [5, 5.41) is 8.86. The zero-order valence-electron chi connectivity index (χ0n) is 9.30. The Morgan fingerprint density at radius 3 is 2.38 bits per heavy atom. The second kappa shape index (κ2) is 6.15. The molecule has 1 aliphatic carbocycles. The number of rotatable bonds is 1. The first-order valence-corrected chi connectivity index (χ1v) is 4.29. The van der Waals surface area contributed by atoms with Gasteiger partial charge in [-0.2, -0.15) is 5.26 Å². The van der Waals surface area contributed by atoms with E-state index in [4.69, 9.17) is 10.00 Å². The maximum Gasteiger partial charge on any atom is 1.00 e. The van der Waals surface area contributed by atoms with Gasteiger partial charge in [-0.05, 0) is 12.8 Å². The number of hydrogen-bond donors (Lipinski definition) is 0. The summed E-state index contributed by atoms with van der Waals surface area (Å²) >= 11 is 0. The van der Waals surface area contributed by atoms with Crippen LogP contribution < -0.4 is 51.4 Å². The SMILES string of the molecule is CC(=O)OC1(C#N)CCCCC1.[H-].[K+].